The molecule has 35 heavy (non-hydrogen) atoms. The van der Waals surface area contributed by atoms with Gasteiger partial charge in [0.05, 0.1) is 5.41 Å². The minimum Gasteiger partial charge on any atom is -0.481 e. The Labute approximate surface area is 214 Å². The van der Waals surface area contributed by atoms with E-state index in [0.29, 0.717) is 11.8 Å². The van der Waals surface area contributed by atoms with Gasteiger partial charge in [-0.15, -0.1) is 0 Å². The first kappa shape index (κ1) is 29.4. The van der Waals surface area contributed by atoms with Crippen molar-refractivity contribution >= 4 is 16.9 Å². The molecule has 0 radical (unpaired) electrons. The molecule has 1 aromatic heterocycles. The molecule has 198 valence electrons. The number of aliphatic carboxylic acids is 1. The van der Waals surface area contributed by atoms with Crippen LogP contribution in [0.2, 0.25) is 0 Å². The molecule has 0 saturated carbocycles. The Kier molecular flexibility index (Phi) is 10.4. The maximum Gasteiger partial charge on any atom is 0.310 e. The van der Waals surface area contributed by atoms with Crippen molar-refractivity contribution in [2.45, 2.75) is 93.4 Å². The number of nitrogens with zero attached hydrogens (tertiary/aromatic N) is 1. The molecule has 0 bridgehead atoms. The largest absolute Gasteiger partial charge is 0.481 e. The van der Waals surface area contributed by atoms with Gasteiger partial charge in [0.1, 0.15) is 0 Å². The predicted octanol–water partition coefficient (Wildman–Crippen LogP) is 7.91. The lowest BCUT2D eigenvalue weighted by Gasteiger charge is -2.45. The highest BCUT2D eigenvalue weighted by atomic mass is 16.5. The molecular weight excluding hydrogens is 434 g/mol. The first-order valence-corrected chi connectivity index (χ1v) is 13.6. The van der Waals surface area contributed by atoms with Crippen LogP contribution in [-0.2, 0) is 29.4 Å². The number of benzene rings is 1. The lowest BCUT2D eigenvalue weighted by atomic mass is 9.58. The van der Waals surface area contributed by atoms with Gasteiger partial charge in [-0.3, -0.25) is 4.79 Å². The van der Waals surface area contributed by atoms with Gasteiger partial charge in [0.25, 0.3) is 0 Å². The van der Waals surface area contributed by atoms with Gasteiger partial charge in [-0.05, 0) is 78.5 Å². The number of carboxylic acid groups (broad SMARTS) is 1. The van der Waals surface area contributed by atoms with Crippen molar-refractivity contribution in [3.63, 3.8) is 0 Å². The molecule has 0 amide bonds. The van der Waals surface area contributed by atoms with Crippen molar-refractivity contribution < 1.29 is 14.6 Å². The van der Waals surface area contributed by atoms with Gasteiger partial charge in [0.15, 0.2) is 0 Å². The number of ether oxygens (including phenoxy) is 1. The normalized spacial score (nSPS) is 15.2. The zero-order chi connectivity index (χ0) is 26.4. The van der Waals surface area contributed by atoms with Crippen molar-refractivity contribution in [1.29, 1.82) is 0 Å². The van der Waals surface area contributed by atoms with Crippen LogP contribution in [0.1, 0.15) is 91.7 Å². The Morgan fingerprint density at radius 3 is 2.31 bits per heavy atom. The average Bonchev–Trinajstić information content (AvgIpc) is 3.06. The molecule has 0 fully saturated rings. The summed E-state index contributed by atoms with van der Waals surface area (Å²) in [5.41, 5.74) is 3.16. The highest BCUT2D eigenvalue weighted by Gasteiger charge is 2.50. The number of unbranched alkanes of at least 4 members (excludes halogenated alkanes) is 1. The monoisotopic (exact) mass is 485 g/mol. The second kappa shape index (κ2) is 12.4. The summed E-state index contributed by atoms with van der Waals surface area (Å²) in [5, 5.41) is 11.6. The molecule has 4 nitrogen and oxygen atoms in total. The van der Waals surface area contributed by atoms with Crippen LogP contribution < -0.4 is 0 Å². The van der Waals surface area contributed by atoms with Crippen LogP contribution in [0.4, 0.5) is 0 Å². The number of aromatic nitrogens is 1. The van der Waals surface area contributed by atoms with E-state index in [1.165, 1.54) is 22.0 Å². The third-order valence-corrected chi connectivity index (χ3v) is 8.47. The van der Waals surface area contributed by atoms with Crippen LogP contribution in [0.5, 0.6) is 0 Å². The summed E-state index contributed by atoms with van der Waals surface area (Å²) in [6.07, 6.45) is 9.35. The minimum atomic E-state index is -0.683. The fourth-order valence-corrected chi connectivity index (χ4v) is 6.24. The summed E-state index contributed by atoms with van der Waals surface area (Å²) >= 11 is 0. The summed E-state index contributed by atoms with van der Waals surface area (Å²) < 4.78 is 7.49. The first-order valence-electron chi connectivity index (χ1n) is 13.6. The Hall–Kier alpha value is -1.81. The van der Waals surface area contributed by atoms with Gasteiger partial charge in [-0.1, -0.05) is 67.4 Å². The van der Waals surface area contributed by atoms with Crippen molar-refractivity contribution in [3.05, 3.63) is 35.5 Å². The van der Waals surface area contributed by atoms with Gasteiger partial charge in [-0.25, -0.2) is 0 Å². The Bertz CT molecular complexity index is 950. The molecule has 0 aliphatic heterocycles. The van der Waals surface area contributed by atoms with Gasteiger partial charge in [-0.2, -0.15) is 0 Å². The summed E-state index contributed by atoms with van der Waals surface area (Å²) in [6.45, 7) is 15.8. The van der Waals surface area contributed by atoms with Crippen LogP contribution >= 0.6 is 0 Å². The van der Waals surface area contributed by atoms with E-state index >= 15 is 0 Å². The van der Waals surface area contributed by atoms with E-state index in [1.807, 2.05) is 0 Å². The summed E-state index contributed by atoms with van der Waals surface area (Å²) in [5.74, 6) is 0.662. The summed E-state index contributed by atoms with van der Waals surface area (Å²) in [6, 6.07) is 6.97. The van der Waals surface area contributed by atoms with E-state index in [1.54, 1.807) is 7.11 Å². The van der Waals surface area contributed by atoms with E-state index in [4.69, 9.17) is 4.74 Å². The minimum absolute atomic E-state index is 0.108. The fraction of sp³-hybridized carbons (Fsp3) is 0.710. The quantitative estimate of drug-likeness (QED) is 0.277. The highest BCUT2D eigenvalue weighted by molar-refractivity contribution is 5.84. The third-order valence-electron chi connectivity index (χ3n) is 8.47. The number of carboxylic acids is 1. The van der Waals surface area contributed by atoms with Crippen molar-refractivity contribution in [3.8, 4) is 0 Å². The zero-order valence-corrected chi connectivity index (χ0v) is 23.9. The molecule has 1 aromatic carbocycles. The van der Waals surface area contributed by atoms with E-state index in [9.17, 15) is 9.90 Å². The van der Waals surface area contributed by atoms with Gasteiger partial charge in [0, 0.05) is 37.9 Å². The van der Waals surface area contributed by atoms with E-state index in [-0.39, 0.29) is 11.3 Å². The fourth-order valence-electron chi connectivity index (χ4n) is 6.24. The molecule has 2 unspecified atom stereocenters. The number of hydrogen-bond acceptors (Lipinski definition) is 2. The van der Waals surface area contributed by atoms with Crippen molar-refractivity contribution in [1.82, 2.24) is 4.57 Å². The van der Waals surface area contributed by atoms with Crippen molar-refractivity contribution in [2.75, 3.05) is 13.7 Å². The van der Waals surface area contributed by atoms with Crippen LogP contribution in [-0.4, -0.2) is 29.4 Å². The van der Waals surface area contributed by atoms with Crippen LogP contribution in [0, 0.1) is 28.6 Å². The Morgan fingerprint density at radius 2 is 1.77 bits per heavy atom. The number of aryl methyl sites for hydroxylation is 2. The molecule has 0 spiro atoms. The van der Waals surface area contributed by atoms with Crippen LogP contribution in [0.25, 0.3) is 10.9 Å². The molecule has 2 aromatic rings. The zero-order valence-electron chi connectivity index (χ0n) is 23.9. The third kappa shape index (κ3) is 6.90. The Balaban J connectivity index is 2.10. The van der Waals surface area contributed by atoms with Crippen LogP contribution in [0.3, 0.4) is 0 Å². The number of hydrogen-bond donors (Lipinski definition) is 1. The second-order valence-electron chi connectivity index (χ2n) is 12.3. The molecule has 2 atom stereocenters. The smallest absolute Gasteiger partial charge is 0.310 e. The topological polar surface area (TPSA) is 51.5 Å². The molecule has 0 aliphatic rings. The molecule has 2 rings (SSSR count). The molecular formula is C31H51NO3. The van der Waals surface area contributed by atoms with E-state index < -0.39 is 11.4 Å². The lowest BCUT2D eigenvalue weighted by Crippen LogP contribution is -2.47. The highest BCUT2D eigenvalue weighted by Crippen LogP contribution is 2.49. The lowest BCUT2D eigenvalue weighted by molar-refractivity contribution is -0.162. The predicted molar refractivity (Wildman–Crippen MR) is 148 cm³/mol. The van der Waals surface area contributed by atoms with Gasteiger partial charge in [0.2, 0.25) is 0 Å². The summed E-state index contributed by atoms with van der Waals surface area (Å²) in [7, 11) is 3.89. The molecule has 0 saturated heterocycles. The van der Waals surface area contributed by atoms with E-state index in [2.05, 4.69) is 84.5 Å². The van der Waals surface area contributed by atoms with Gasteiger partial charge >= 0.3 is 5.97 Å². The standard InChI is InChI=1S/C31H51NO3/c1-22(2)25(13-10-11-17-31(23(3)4,29(33)34)30(5,6)7)19-24-15-16-28-27(20-24)26(21-32(28)8)14-12-18-35-9/h15-16,20-23,25H,10-14,17-19H2,1-9H3,(H,33,34). The number of carbonyl (C=O) groups is 1. The number of fused-ring (bicyclic) bond motifs is 1. The Morgan fingerprint density at radius 1 is 1.09 bits per heavy atom. The molecule has 1 heterocycles. The first-order chi connectivity index (χ1) is 16.3. The molecule has 0 aliphatic carbocycles. The van der Waals surface area contributed by atoms with Crippen molar-refractivity contribution in [2.24, 2.45) is 35.6 Å². The molecule has 1 N–H and O–H groups in total. The SMILES string of the molecule is COCCCc1cn(C)c2ccc(CC(CCCCC(C(=O)O)(C(C)C)C(C)(C)C)C(C)C)cc12. The van der Waals surface area contributed by atoms with Gasteiger partial charge < -0.3 is 14.4 Å². The van der Waals surface area contributed by atoms with Crippen LogP contribution in [0.15, 0.2) is 24.4 Å². The number of rotatable bonds is 14. The second-order valence-corrected chi connectivity index (χ2v) is 12.3. The maximum atomic E-state index is 12.4. The number of methoxy groups -OCH3 is 1. The van der Waals surface area contributed by atoms with E-state index in [0.717, 1.165) is 51.6 Å². The average molecular weight is 486 g/mol. The summed E-state index contributed by atoms with van der Waals surface area (Å²) in [4.78, 5) is 12.4. The maximum absolute atomic E-state index is 12.4. The molecule has 4 heteroatoms.